The van der Waals surface area contributed by atoms with Crippen molar-refractivity contribution in [2.75, 3.05) is 0 Å². The van der Waals surface area contributed by atoms with Gasteiger partial charge in [-0.1, -0.05) is 18.2 Å². The fourth-order valence-corrected chi connectivity index (χ4v) is 0.481. The molecule has 0 saturated heterocycles. The highest BCUT2D eigenvalue weighted by molar-refractivity contribution is 5.19. The molecule has 0 saturated carbocycles. The van der Waals surface area contributed by atoms with Crippen LogP contribution >= 0.6 is 0 Å². The second kappa shape index (κ2) is 3.88. The fourth-order valence-electron chi connectivity index (χ4n) is 0.481. The maximum absolute atomic E-state index is 8.04. The van der Waals surface area contributed by atoms with Crippen LogP contribution in [0, 0.1) is 0 Å². The van der Waals surface area contributed by atoms with Gasteiger partial charge in [-0.05, 0) is 12.1 Å². The molecule has 0 heterocycles. The van der Waals surface area contributed by atoms with Crippen LogP contribution in [-0.4, -0.2) is 10.7 Å². The predicted octanol–water partition coefficient (Wildman–Crippen LogP) is 0.714. The third kappa shape index (κ3) is 2.12. The van der Waals surface area contributed by atoms with Gasteiger partial charge in [0.25, 0.3) is 0 Å². The van der Waals surface area contributed by atoms with E-state index in [-0.39, 0.29) is 5.48 Å². The minimum Gasteiger partial charge on any atom is -0.412 e. The summed E-state index contributed by atoms with van der Waals surface area (Å²) < 4.78 is 0. The molecular formula is C6H8O3. The molecule has 0 atom stereocenters. The van der Waals surface area contributed by atoms with Gasteiger partial charge in [-0.25, -0.2) is 5.26 Å². The van der Waals surface area contributed by atoms with Crippen LogP contribution in [0.3, 0.4) is 0 Å². The number of hydrogen-bond donors (Lipinski definition) is 1. The van der Waals surface area contributed by atoms with Crippen LogP contribution in [0.25, 0.3) is 0 Å². The first-order chi connectivity index (χ1) is 3.93. The van der Waals surface area contributed by atoms with E-state index < -0.39 is 0 Å². The van der Waals surface area contributed by atoms with Gasteiger partial charge in [-0.15, -0.1) is 0 Å². The Balaban J connectivity index is 0.000000640. The maximum atomic E-state index is 8.04. The van der Waals surface area contributed by atoms with Crippen LogP contribution in [0.5, 0.6) is 5.75 Å². The first-order valence-electron chi connectivity index (χ1n) is 2.30. The van der Waals surface area contributed by atoms with Crippen molar-refractivity contribution in [3.05, 3.63) is 30.3 Å². The van der Waals surface area contributed by atoms with E-state index >= 15 is 0 Å². The van der Waals surface area contributed by atoms with E-state index in [4.69, 9.17) is 5.26 Å². The van der Waals surface area contributed by atoms with E-state index in [1.54, 1.807) is 24.3 Å². The SMILES string of the molecule is O.OOc1ccccc1. The normalized spacial score (nSPS) is 7.67. The third-order valence-corrected chi connectivity index (χ3v) is 0.849. The lowest BCUT2D eigenvalue weighted by atomic mass is 10.3. The largest absolute Gasteiger partial charge is 0.412 e. The summed E-state index contributed by atoms with van der Waals surface area (Å²) in [6.07, 6.45) is 0. The number of benzene rings is 1. The van der Waals surface area contributed by atoms with Crippen molar-refractivity contribution >= 4 is 0 Å². The van der Waals surface area contributed by atoms with E-state index in [0.717, 1.165) is 0 Å². The second-order valence-electron chi connectivity index (χ2n) is 1.40. The summed E-state index contributed by atoms with van der Waals surface area (Å²) in [7, 11) is 0. The summed E-state index contributed by atoms with van der Waals surface area (Å²) in [5.74, 6) is 0.465. The van der Waals surface area contributed by atoms with Gasteiger partial charge in [-0.2, -0.15) is 0 Å². The summed E-state index contributed by atoms with van der Waals surface area (Å²) >= 11 is 0. The van der Waals surface area contributed by atoms with E-state index in [0.29, 0.717) is 5.75 Å². The molecular weight excluding hydrogens is 120 g/mol. The lowest BCUT2D eigenvalue weighted by Gasteiger charge is -1.90. The topological polar surface area (TPSA) is 61.0 Å². The number of para-hydroxylation sites is 1. The molecule has 9 heavy (non-hydrogen) atoms. The molecule has 0 aliphatic rings. The molecule has 3 N–H and O–H groups in total. The number of hydrogen-bond acceptors (Lipinski definition) is 2. The van der Waals surface area contributed by atoms with Gasteiger partial charge in [0, 0.05) is 0 Å². The Morgan fingerprint density at radius 3 is 2.00 bits per heavy atom. The van der Waals surface area contributed by atoms with Crippen molar-refractivity contribution in [3.63, 3.8) is 0 Å². The molecule has 1 aromatic rings. The van der Waals surface area contributed by atoms with Gasteiger partial charge >= 0.3 is 0 Å². The molecule has 1 rings (SSSR count). The monoisotopic (exact) mass is 128 g/mol. The molecule has 0 radical (unpaired) electrons. The highest BCUT2D eigenvalue weighted by atomic mass is 17.1. The van der Waals surface area contributed by atoms with Crippen molar-refractivity contribution in [2.24, 2.45) is 0 Å². The van der Waals surface area contributed by atoms with Crippen molar-refractivity contribution in [1.29, 1.82) is 0 Å². The van der Waals surface area contributed by atoms with E-state index in [1.807, 2.05) is 6.07 Å². The Hall–Kier alpha value is -1.06. The standard InChI is InChI=1S/C6H6O2.H2O/c7-8-6-4-2-1-3-5-6;/h1-5,7H;1H2. The molecule has 0 aliphatic heterocycles. The van der Waals surface area contributed by atoms with Gasteiger partial charge in [0.1, 0.15) is 0 Å². The van der Waals surface area contributed by atoms with Crippen LogP contribution < -0.4 is 4.89 Å². The van der Waals surface area contributed by atoms with Crippen LogP contribution in [0.15, 0.2) is 30.3 Å². The van der Waals surface area contributed by atoms with Gasteiger partial charge < -0.3 is 10.4 Å². The molecule has 0 amide bonds. The molecule has 0 aromatic heterocycles. The first-order valence-corrected chi connectivity index (χ1v) is 2.30. The molecule has 1 aromatic carbocycles. The Morgan fingerprint density at radius 1 is 1.11 bits per heavy atom. The van der Waals surface area contributed by atoms with Crippen molar-refractivity contribution < 1.29 is 15.6 Å². The Labute approximate surface area is 52.7 Å². The summed E-state index contributed by atoms with van der Waals surface area (Å²) in [6, 6.07) is 8.75. The smallest absolute Gasteiger partial charge is 0.165 e. The molecule has 0 aliphatic carbocycles. The lowest BCUT2D eigenvalue weighted by molar-refractivity contribution is -0.137. The van der Waals surface area contributed by atoms with Crippen LogP contribution in [-0.2, 0) is 0 Å². The molecule has 0 fully saturated rings. The zero-order chi connectivity index (χ0) is 5.82. The summed E-state index contributed by atoms with van der Waals surface area (Å²) in [4.78, 5) is 3.91. The van der Waals surface area contributed by atoms with Crippen LogP contribution in [0.4, 0.5) is 0 Å². The Morgan fingerprint density at radius 2 is 1.67 bits per heavy atom. The van der Waals surface area contributed by atoms with Gasteiger partial charge in [0.15, 0.2) is 5.75 Å². The van der Waals surface area contributed by atoms with Crippen LogP contribution in [0.2, 0.25) is 0 Å². The quantitative estimate of drug-likeness (QED) is 0.447. The second-order valence-corrected chi connectivity index (χ2v) is 1.40. The molecule has 0 bridgehead atoms. The molecule has 0 spiro atoms. The predicted molar refractivity (Wildman–Crippen MR) is 33.3 cm³/mol. The highest BCUT2D eigenvalue weighted by Crippen LogP contribution is 2.05. The summed E-state index contributed by atoms with van der Waals surface area (Å²) in [5.41, 5.74) is 0. The van der Waals surface area contributed by atoms with E-state index in [9.17, 15) is 0 Å². The van der Waals surface area contributed by atoms with Crippen molar-refractivity contribution in [3.8, 4) is 5.75 Å². The Bertz CT molecular complexity index is 150. The first kappa shape index (κ1) is 7.94. The van der Waals surface area contributed by atoms with Crippen LogP contribution in [0.1, 0.15) is 0 Å². The van der Waals surface area contributed by atoms with Gasteiger partial charge in [0.05, 0.1) is 0 Å². The molecule has 3 heteroatoms. The molecule has 0 unspecified atom stereocenters. The number of rotatable bonds is 1. The minimum atomic E-state index is 0. The summed E-state index contributed by atoms with van der Waals surface area (Å²) in [5, 5.41) is 8.04. The van der Waals surface area contributed by atoms with Crippen molar-refractivity contribution in [2.45, 2.75) is 0 Å². The fraction of sp³-hybridized carbons (Fsp3) is 0. The zero-order valence-corrected chi connectivity index (χ0v) is 4.74. The lowest BCUT2D eigenvalue weighted by Crippen LogP contribution is -1.79. The highest BCUT2D eigenvalue weighted by Gasteiger charge is 1.82. The van der Waals surface area contributed by atoms with E-state index in [2.05, 4.69) is 4.89 Å². The van der Waals surface area contributed by atoms with E-state index in [1.165, 1.54) is 0 Å². The van der Waals surface area contributed by atoms with Gasteiger partial charge in [0.2, 0.25) is 0 Å². The minimum absolute atomic E-state index is 0. The molecule has 3 nitrogen and oxygen atoms in total. The maximum Gasteiger partial charge on any atom is 0.165 e. The zero-order valence-electron chi connectivity index (χ0n) is 4.74. The average molecular weight is 128 g/mol. The summed E-state index contributed by atoms with van der Waals surface area (Å²) in [6.45, 7) is 0. The van der Waals surface area contributed by atoms with Crippen molar-refractivity contribution in [1.82, 2.24) is 0 Å². The van der Waals surface area contributed by atoms with Gasteiger partial charge in [-0.3, -0.25) is 0 Å². The Kier molecular flexibility index (Phi) is 3.43. The molecule has 50 valence electrons. The average Bonchev–Trinajstić information content (AvgIpc) is 1.90. The third-order valence-electron chi connectivity index (χ3n) is 0.849.